The highest BCUT2D eigenvalue weighted by molar-refractivity contribution is 6.09. The molecule has 13 rings (SSSR count). The molecule has 0 saturated heterocycles. The van der Waals surface area contributed by atoms with Crippen molar-refractivity contribution in [2.45, 2.75) is 18.8 Å². The molecule has 0 radical (unpaired) electrons. The van der Waals surface area contributed by atoms with Crippen LogP contribution in [0.1, 0.15) is 35.0 Å². The number of para-hydroxylation sites is 2. The van der Waals surface area contributed by atoms with E-state index in [0.717, 1.165) is 69.4 Å². The molecule has 10 aromatic rings. The van der Waals surface area contributed by atoms with Gasteiger partial charge in [0.25, 0.3) is 0 Å². The summed E-state index contributed by atoms with van der Waals surface area (Å²) in [4.78, 5) is 2.37. The van der Waals surface area contributed by atoms with Gasteiger partial charge < -0.3 is 18.3 Å². The van der Waals surface area contributed by atoms with Crippen molar-refractivity contribution in [3.63, 3.8) is 0 Å². The quantitative estimate of drug-likeness (QED) is 0.168. The molecule has 0 fully saturated rings. The van der Waals surface area contributed by atoms with Gasteiger partial charge in [-0.2, -0.15) is 0 Å². The standard InChI is InChI=1S/C58H40N2O2/c1-2-14-46-38(11-1)27-33-50-57-45(18-10-22-56(57)62-58(46)50)39-25-30-42(31-26-39)59(44-32-34-55-51(36-44)49-17-5-8-21-54(49)61-55)41-28-23-37(24-29-41)40-12-9-13-43(35-40)60-52-19-6-3-15-47(52)48-16-4-7-20-53(48)60/h1-4,6-16,18-36,38,46H,5,17H2. The first-order chi connectivity index (χ1) is 30.7. The largest absolute Gasteiger partial charge is 0.460 e. The van der Waals surface area contributed by atoms with Gasteiger partial charge >= 0.3 is 0 Å². The summed E-state index contributed by atoms with van der Waals surface area (Å²) in [6, 6.07) is 57.4. The summed E-state index contributed by atoms with van der Waals surface area (Å²) >= 11 is 0. The van der Waals surface area contributed by atoms with Gasteiger partial charge in [0, 0.05) is 67.3 Å². The number of allylic oxidation sites excluding steroid dienone is 6. The Bertz CT molecular complexity index is 3480. The van der Waals surface area contributed by atoms with Crippen LogP contribution in [0.5, 0.6) is 0 Å². The fourth-order valence-corrected chi connectivity index (χ4v) is 10.3. The van der Waals surface area contributed by atoms with Gasteiger partial charge in [-0.1, -0.05) is 127 Å². The van der Waals surface area contributed by atoms with Crippen LogP contribution >= 0.6 is 0 Å². The number of hydrogen-bond donors (Lipinski definition) is 0. The zero-order valence-corrected chi connectivity index (χ0v) is 33.9. The molecule has 0 bridgehead atoms. The minimum atomic E-state index is 0.223. The molecule has 62 heavy (non-hydrogen) atoms. The second-order valence-corrected chi connectivity index (χ2v) is 16.7. The number of benzene rings is 7. The van der Waals surface area contributed by atoms with Crippen LogP contribution in [0, 0.1) is 5.92 Å². The lowest BCUT2D eigenvalue weighted by Gasteiger charge is -2.26. The van der Waals surface area contributed by atoms with E-state index in [1.807, 2.05) is 0 Å². The molecule has 294 valence electrons. The highest BCUT2D eigenvalue weighted by Crippen LogP contribution is 2.46. The number of hydrogen-bond acceptors (Lipinski definition) is 3. The average Bonchev–Trinajstić information content (AvgIpc) is 4.02. The Hall–Kier alpha value is -7.82. The fraction of sp³-hybridized carbons (Fsp3) is 0.0690. The molecule has 3 aliphatic rings. The maximum absolute atomic E-state index is 6.61. The number of nitrogens with zero attached hydrogens (tertiary/aromatic N) is 2. The van der Waals surface area contributed by atoms with E-state index < -0.39 is 0 Å². The zero-order chi connectivity index (χ0) is 40.7. The van der Waals surface area contributed by atoms with E-state index in [1.165, 1.54) is 54.8 Å². The monoisotopic (exact) mass is 796 g/mol. The maximum Gasteiger partial charge on any atom is 0.135 e. The van der Waals surface area contributed by atoms with E-state index in [2.05, 4.69) is 216 Å². The minimum Gasteiger partial charge on any atom is -0.460 e. The Morgan fingerprint density at radius 3 is 2.06 bits per heavy atom. The molecule has 0 saturated carbocycles. The van der Waals surface area contributed by atoms with Crippen molar-refractivity contribution in [1.29, 1.82) is 0 Å². The molecule has 3 aromatic heterocycles. The molecule has 7 aromatic carbocycles. The van der Waals surface area contributed by atoms with Crippen LogP contribution in [0.2, 0.25) is 0 Å². The number of aromatic nitrogens is 1. The van der Waals surface area contributed by atoms with Gasteiger partial charge in [-0.3, -0.25) is 0 Å². The lowest BCUT2D eigenvalue weighted by Crippen LogP contribution is -2.11. The van der Waals surface area contributed by atoms with Gasteiger partial charge in [0.15, 0.2) is 0 Å². The van der Waals surface area contributed by atoms with Gasteiger partial charge in [-0.05, 0) is 114 Å². The van der Waals surface area contributed by atoms with Crippen LogP contribution in [-0.4, -0.2) is 4.57 Å². The average molecular weight is 797 g/mol. The summed E-state index contributed by atoms with van der Waals surface area (Å²) in [5.74, 6) is 2.58. The third-order valence-electron chi connectivity index (χ3n) is 13.2. The third-order valence-corrected chi connectivity index (χ3v) is 13.2. The molecule has 0 aliphatic heterocycles. The summed E-state index contributed by atoms with van der Waals surface area (Å²) in [5.41, 5.74) is 15.8. The number of fused-ring (bicyclic) bond motifs is 11. The van der Waals surface area contributed by atoms with E-state index in [0.29, 0.717) is 5.92 Å². The van der Waals surface area contributed by atoms with E-state index in [4.69, 9.17) is 8.83 Å². The van der Waals surface area contributed by atoms with Crippen molar-refractivity contribution in [3.05, 3.63) is 217 Å². The van der Waals surface area contributed by atoms with Crippen LogP contribution in [0.25, 0.3) is 83.8 Å². The van der Waals surface area contributed by atoms with Crippen molar-refractivity contribution in [2.75, 3.05) is 4.90 Å². The number of anilines is 3. The Labute approximate surface area is 359 Å². The molecule has 0 amide bonds. The summed E-state index contributed by atoms with van der Waals surface area (Å²) < 4.78 is 15.3. The van der Waals surface area contributed by atoms with Crippen molar-refractivity contribution < 1.29 is 8.83 Å². The highest BCUT2D eigenvalue weighted by atomic mass is 16.3. The number of furan rings is 2. The predicted octanol–water partition coefficient (Wildman–Crippen LogP) is 15.9. The minimum absolute atomic E-state index is 0.223. The third kappa shape index (κ3) is 5.46. The van der Waals surface area contributed by atoms with Gasteiger partial charge in [-0.15, -0.1) is 0 Å². The summed E-state index contributed by atoms with van der Waals surface area (Å²) in [5, 5.41) is 4.88. The van der Waals surface area contributed by atoms with Crippen LogP contribution in [0.4, 0.5) is 17.1 Å². The van der Waals surface area contributed by atoms with E-state index in [1.54, 1.807) is 0 Å². The smallest absolute Gasteiger partial charge is 0.135 e. The van der Waals surface area contributed by atoms with Crippen molar-refractivity contribution >= 4 is 73.0 Å². The molecule has 4 nitrogen and oxygen atoms in total. The highest BCUT2D eigenvalue weighted by Gasteiger charge is 2.30. The Morgan fingerprint density at radius 1 is 0.532 bits per heavy atom. The summed E-state index contributed by atoms with van der Waals surface area (Å²) in [6.07, 6.45) is 19.7. The predicted molar refractivity (Wildman–Crippen MR) is 257 cm³/mol. The Kier molecular flexibility index (Phi) is 7.83. The lowest BCUT2D eigenvalue weighted by molar-refractivity contribution is 0.492. The maximum atomic E-state index is 6.61. The summed E-state index contributed by atoms with van der Waals surface area (Å²) in [6.45, 7) is 0. The second-order valence-electron chi connectivity index (χ2n) is 16.7. The molecular weight excluding hydrogens is 757 g/mol. The van der Waals surface area contributed by atoms with Crippen molar-refractivity contribution in [1.82, 2.24) is 4.57 Å². The van der Waals surface area contributed by atoms with Crippen molar-refractivity contribution in [2.24, 2.45) is 5.92 Å². The van der Waals surface area contributed by atoms with E-state index >= 15 is 0 Å². The fourth-order valence-electron chi connectivity index (χ4n) is 10.3. The van der Waals surface area contributed by atoms with Crippen molar-refractivity contribution in [3.8, 4) is 27.9 Å². The van der Waals surface area contributed by atoms with E-state index in [-0.39, 0.29) is 5.92 Å². The molecule has 3 aliphatic carbocycles. The second kappa shape index (κ2) is 13.9. The zero-order valence-electron chi connectivity index (χ0n) is 33.9. The van der Waals surface area contributed by atoms with Gasteiger partial charge in [0.1, 0.15) is 22.7 Å². The molecule has 0 N–H and O–H groups in total. The van der Waals surface area contributed by atoms with Gasteiger partial charge in [0.2, 0.25) is 0 Å². The number of rotatable bonds is 6. The first kappa shape index (κ1) is 35.0. The summed E-state index contributed by atoms with van der Waals surface area (Å²) in [7, 11) is 0. The molecule has 2 atom stereocenters. The van der Waals surface area contributed by atoms with Gasteiger partial charge in [0.05, 0.1) is 11.0 Å². The lowest BCUT2D eigenvalue weighted by atomic mass is 9.80. The van der Waals surface area contributed by atoms with Crippen LogP contribution < -0.4 is 4.90 Å². The molecule has 2 unspecified atom stereocenters. The first-order valence-electron chi connectivity index (χ1n) is 21.6. The topological polar surface area (TPSA) is 34.5 Å². The SMILES string of the molecule is C1=CC2C=Cc3c(oc4cccc(-c5ccc(N(c6ccc(-c7cccc(-n8c9ccccc9c9ccccc98)c7)cc6)c6ccc7oc8c(c7c6)CCC=C8)cc5)c34)C2C=C1. The Balaban J connectivity index is 0.899. The first-order valence-corrected chi connectivity index (χ1v) is 21.6. The molecule has 0 spiro atoms. The molecule has 3 heterocycles. The Morgan fingerprint density at radius 2 is 1.26 bits per heavy atom. The molecule has 4 heteroatoms. The molecular formula is C58H40N2O2. The van der Waals surface area contributed by atoms with Crippen LogP contribution in [0.3, 0.4) is 0 Å². The normalized spacial score (nSPS) is 16.3. The van der Waals surface area contributed by atoms with Crippen LogP contribution in [0.15, 0.2) is 203 Å². The van der Waals surface area contributed by atoms with Crippen LogP contribution in [-0.2, 0) is 6.42 Å². The van der Waals surface area contributed by atoms with Gasteiger partial charge in [-0.25, -0.2) is 0 Å². The van der Waals surface area contributed by atoms with E-state index in [9.17, 15) is 0 Å². The number of aryl methyl sites for hydroxylation is 1.